The first-order valence-electron chi connectivity index (χ1n) is 13.7. The van der Waals surface area contributed by atoms with Crippen LogP contribution in [-0.2, 0) is 10.4 Å². The molecule has 0 unspecified atom stereocenters. The second-order valence-electron chi connectivity index (χ2n) is 10.6. The van der Waals surface area contributed by atoms with Gasteiger partial charge in [-0.25, -0.2) is 13.6 Å². The number of urea groups is 1. The van der Waals surface area contributed by atoms with E-state index in [9.17, 15) is 4.79 Å². The number of ether oxygens (including phenoxy) is 1. The standard InChI is InChI=1S/C28H44ClF2N3O2/c1-32-19-23(18-21-10-4-3-5-11-21)33-27(35)34-16-9-12-22(20-34)28(31,15-6-7-17-36-2)24-13-8-14-25(29)26(24)30/h8,13-14,21-23,32H,3-7,9-12,15-20H2,1-2H3,(H,33,35)/t22-,23+,28+/m1/s1. The number of nitrogens with one attached hydrogen (secondary N) is 2. The highest BCUT2D eigenvalue weighted by Crippen LogP contribution is 2.45. The number of carbonyl (C=O) groups excluding carboxylic acids is 1. The zero-order valence-corrected chi connectivity index (χ0v) is 22.7. The maximum Gasteiger partial charge on any atom is 0.317 e. The molecule has 1 aromatic carbocycles. The lowest BCUT2D eigenvalue weighted by atomic mass is 9.75. The third-order valence-corrected chi connectivity index (χ3v) is 8.31. The molecule has 36 heavy (non-hydrogen) atoms. The molecule has 3 rings (SSSR count). The number of hydrogen-bond acceptors (Lipinski definition) is 3. The smallest absolute Gasteiger partial charge is 0.317 e. The zero-order valence-electron chi connectivity index (χ0n) is 22.0. The van der Waals surface area contributed by atoms with Crippen LogP contribution in [0.25, 0.3) is 0 Å². The van der Waals surface area contributed by atoms with E-state index in [-0.39, 0.29) is 35.6 Å². The number of unbranched alkanes of at least 4 members (excludes halogenated alkanes) is 1. The summed E-state index contributed by atoms with van der Waals surface area (Å²) in [7, 11) is 3.52. The van der Waals surface area contributed by atoms with Crippen LogP contribution in [0, 0.1) is 17.7 Å². The lowest BCUT2D eigenvalue weighted by Crippen LogP contribution is -2.53. The number of likely N-dealkylation sites (tertiary alicyclic amines) is 1. The topological polar surface area (TPSA) is 53.6 Å². The van der Waals surface area contributed by atoms with Crippen molar-refractivity contribution in [1.29, 1.82) is 0 Å². The van der Waals surface area contributed by atoms with Crippen molar-refractivity contribution in [2.75, 3.05) is 40.4 Å². The van der Waals surface area contributed by atoms with Crippen LogP contribution in [0.1, 0.15) is 76.2 Å². The van der Waals surface area contributed by atoms with Crippen LogP contribution in [0.15, 0.2) is 18.2 Å². The second-order valence-corrected chi connectivity index (χ2v) is 11.0. The fraction of sp³-hybridized carbons (Fsp3) is 0.750. The summed E-state index contributed by atoms with van der Waals surface area (Å²) in [5.41, 5.74) is -1.90. The van der Waals surface area contributed by atoms with Gasteiger partial charge in [-0.3, -0.25) is 0 Å². The van der Waals surface area contributed by atoms with E-state index < -0.39 is 17.4 Å². The molecule has 1 heterocycles. The van der Waals surface area contributed by atoms with Gasteiger partial charge in [0.15, 0.2) is 0 Å². The Kier molecular flexibility index (Phi) is 11.7. The molecule has 2 aliphatic rings. The van der Waals surface area contributed by atoms with Gasteiger partial charge in [0, 0.05) is 50.9 Å². The number of carbonyl (C=O) groups is 1. The summed E-state index contributed by atoms with van der Waals surface area (Å²) in [5.74, 6) is -0.562. The van der Waals surface area contributed by atoms with E-state index in [1.54, 1.807) is 18.1 Å². The van der Waals surface area contributed by atoms with Crippen molar-refractivity contribution in [1.82, 2.24) is 15.5 Å². The SMILES string of the molecule is CNC[C@H](CC1CCCCC1)NC(=O)N1CCC[C@@H]([C@@](F)(CCCCOC)c2cccc(Cl)c2F)C1. The van der Waals surface area contributed by atoms with Crippen LogP contribution in [-0.4, -0.2) is 57.4 Å². The van der Waals surface area contributed by atoms with Gasteiger partial charge in [-0.1, -0.05) is 55.8 Å². The highest BCUT2D eigenvalue weighted by Gasteiger charge is 2.45. The first-order chi connectivity index (χ1) is 17.4. The van der Waals surface area contributed by atoms with Crippen LogP contribution >= 0.6 is 11.6 Å². The Bertz CT molecular complexity index is 824. The van der Waals surface area contributed by atoms with Crippen molar-refractivity contribution in [3.8, 4) is 0 Å². The fourth-order valence-corrected chi connectivity index (χ4v) is 6.25. The summed E-state index contributed by atoms with van der Waals surface area (Å²) < 4.78 is 37.1. The average molecular weight is 528 g/mol. The first kappa shape index (κ1) is 29.1. The summed E-state index contributed by atoms with van der Waals surface area (Å²) in [5, 5.41) is 6.35. The number of piperidine rings is 1. The Labute approximate surface area is 220 Å². The van der Waals surface area contributed by atoms with Crippen molar-refractivity contribution in [2.24, 2.45) is 11.8 Å². The molecule has 2 amide bonds. The lowest BCUT2D eigenvalue weighted by Gasteiger charge is -2.41. The molecule has 1 aliphatic heterocycles. The third-order valence-electron chi connectivity index (χ3n) is 8.01. The number of rotatable bonds is 12. The molecular weight excluding hydrogens is 484 g/mol. The highest BCUT2D eigenvalue weighted by molar-refractivity contribution is 6.30. The van der Waals surface area contributed by atoms with Crippen LogP contribution in [0.2, 0.25) is 5.02 Å². The quantitative estimate of drug-likeness (QED) is 0.307. The van der Waals surface area contributed by atoms with Crippen molar-refractivity contribution < 1.29 is 18.3 Å². The monoisotopic (exact) mass is 527 g/mol. The predicted molar refractivity (Wildman–Crippen MR) is 142 cm³/mol. The summed E-state index contributed by atoms with van der Waals surface area (Å²) in [6.45, 7) is 2.07. The largest absolute Gasteiger partial charge is 0.385 e. The van der Waals surface area contributed by atoms with Gasteiger partial charge in [0.1, 0.15) is 11.5 Å². The molecule has 1 aliphatic carbocycles. The highest BCUT2D eigenvalue weighted by atomic mass is 35.5. The van der Waals surface area contributed by atoms with Gasteiger partial charge in [0.25, 0.3) is 0 Å². The Hall–Kier alpha value is -1.44. The molecule has 3 atom stereocenters. The summed E-state index contributed by atoms with van der Waals surface area (Å²) in [6, 6.07) is 4.44. The first-order valence-corrected chi connectivity index (χ1v) is 14.1. The number of nitrogens with zero attached hydrogens (tertiary/aromatic N) is 1. The van der Waals surface area contributed by atoms with Gasteiger partial charge in [0.05, 0.1) is 5.02 Å². The number of amides is 2. The van der Waals surface area contributed by atoms with Crippen molar-refractivity contribution in [3.63, 3.8) is 0 Å². The minimum atomic E-state index is -1.91. The fourth-order valence-electron chi connectivity index (χ4n) is 6.08. The van der Waals surface area contributed by atoms with E-state index in [0.29, 0.717) is 51.3 Å². The Morgan fingerprint density at radius 3 is 2.72 bits per heavy atom. The van der Waals surface area contributed by atoms with E-state index in [4.69, 9.17) is 16.3 Å². The molecule has 1 saturated carbocycles. The maximum absolute atomic E-state index is 16.9. The minimum absolute atomic E-state index is 0.00466. The lowest BCUT2D eigenvalue weighted by molar-refractivity contribution is 0.0180. The van der Waals surface area contributed by atoms with E-state index in [1.165, 1.54) is 44.2 Å². The summed E-state index contributed by atoms with van der Waals surface area (Å²) in [4.78, 5) is 15.0. The molecule has 0 bridgehead atoms. The van der Waals surface area contributed by atoms with Gasteiger partial charge in [-0.2, -0.15) is 0 Å². The van der Waals surface area contributed by atoms with E-state index >= 15 is 8.78 Å². The van der Waals surface area contributed by atoms with Gasteiger partial charge in [-0.05, 0) is 57.6 Å². The van der Waals surface area contributed by atoms with Crippen molar-refractivity contribution in [2.45, 2.75) is 82.3 Å². The number of likely N-dealkylation sites (N-methyl/N-ethyl adjacent to an activating group) is 1. The number of alkyl halides is 1. The molecule has 0 radical (unpaired) electrons. The van der Waals surface area contributed by atoms with E-state index in [0.717, 1.165) is 6.42 Å². The third kappa shape index (κ3) is 7.78. The zero-order chi connectivity index (χ0) is 26.0. The Morgan fingerprint density at radius 2 is 2.00 bits per heavy atom. The molecular formula is C28H44ClF2N3O2. The molecule has 2 N–H and O–H groups in total. The van der Waals surface area contributed by atoms with Crippen LogP contribution in [0.3, 0.4) is 0 Å². The predicted octanol–water partition coefficient (Wildman–Crippen LogP) is 6.44. The van der Waals surface area contributed by atoms with Crippen LogP contribution < -0.4 is 10.6 Å². The maximum atomic E-state index is 16.9. The van der Waals surface area contributed by atoms with Crippen molar-refractivity contribution >= 4 is 17.6 Å². The Balaban J connectivity index is 1.72. The van der Waals surface area contributed by atoms with Gasteiger partial charge >= 0.3 is 6.03 Å². The van der Waals surface area contributed by atoms with Crippen LogP contribution in [0.5, 0.6) is 0 Å². The molecule has 0 aromatic heterocycles. The van der Waals surface area contributed by atoms with E-state index in [1.807, 2.05) is 7.05 Å². The second kappa shape index (κ2) is 14.5. The van der Waals surface area contributed by atoms with Crippen LogP contribution in [0.4, 0.5) is 13.6 Å². The number of halogens is 3. The summed E-state index contributed by atoms with van der Waals surface area (Å²) in [6.07, 6.45) is 9.94. The molecule has 0 spiro atoms. The molecule has 5 nitrogen and oxygen atoms in total. The number of benzene rings is 1. The molecule has 1 aromatic rings. The van der Waals surface area contributed by atoms with E-state index in [2.05, 4.69) is 10.6 Å². The molecule has 204 valence electrons. The normalized spacial score (nSPS) is 21.7. The Morgan fingerprint density at radius 1 is 1.22 bits per heavy atom. The minimum Gasteiger partial charge on any atom is -0.385 e. The average Bonchev–Trinajstić information content (AvgIpc) is 2.89. The number of hydrogen-bond donors (Lipinski definition) is 2. The molecule has 2 fully saturated rings. The number of methoxy groups -OCH3 is 1. The van der Waals surface area contributed by atoms with Gasteiger partial charge in [-0.15, -0.1) is 0 Å². The summed E-state index contributed by atoms with van der Waals surface area (Å²) >= 11 is 6.05. The van der Waals surface area contributed by atoms with Crippen molar-refractivity contribution in [3.05, 3.63) is 34.6 Å². The molecule has 8 heteroatoms. The molecule has 1 saturated heterocycles. The van der Waals surface area contributed by atoms with Gasteiger partial charge in [0.2, 0.25) is 0 Å². The van der Waals surface area contributed by atoms with Gasteiger partial charge < -0.3 is 20.3 Å².